The molecule has 2 rings (SSSR count). The molecule has 0 aliphatic rings. The van der Waals surface area contributed by atoms with Crippen molar-refractivity contribution in [2.75, 3.05) is 18.5 Å². The fourth-order valence-corrected chi connectivity index (χ4v) is 2.16. The topological polar surface area (TPSA) is 3.24 Å². The zero-order valence-corrected chi connectivity index (χ0v) is 11.3. The molecule has 0 spiro atoms. The molecule has 0 unspecified atom stereocenters. The second-order valence-corrected chi connectivity index (χ2v) is 4.85. The lowest BCUT2D eigenvalue weighted by Gasteiger charge is -2.19. The van der Waals surface area contributed by atoms with Crippen LogP contribution in [0, 0.1) is 6.92 Å². The van der Waals surface area contributed by atoms with Gasteiger partial charge in [-0.15, -0.1) is 0 Å². The third kappa shape index (κ3) is 3.63. The zero-order valence-electron chi connectivity index (χ0n) is 11.3. The molecule has 0 aliphatic carbocycles. The Labute approximate surface area is 110 Å². The molecule has 0 atom stereocenters. The molecule has 0 saturated carbocycles. The fourth-order valence-electron chi connectivity index (χ4n) is 2.16. The minimum absolute atomic E-state index is 1.10. The van der Waals surface area contributed by atoms with E-state index in [2.05, 4.69) is 73.5 Å². The van der Waals surface area contributed by atoms with E-state index in [1.807, 2.05) is 0 Å². The Morgan fingerprint density at radius 2 is 1.72 bits per heavy atom. The first kappa shape index (κ1) is 12.7. The van der Waals surface area contributed by atoms with Crippen LogP contribution in [-0.2, 0) is 6.42 Å². The molecule has 2 aromatic rings. The second kappa shape index (κ2) is 6.25. The van der Waals surface area contributed by atoms with Gasteiger partial charge < -0.3 is 4.90 Å². The van der Waals surface area contributed by atoms with Crippen molar-refractivity contribution in [1.29, 1.82) is 0 Å². The van der Waals surface area contributed by atoms with Crippen LogP contribution in [0.25, 0.3) is 0 Å². The average Bonchev–Trinajstić information content (AvgIpc) is 2.40. The van der Waals surface area contributed by atoms with E-state index >= 15 is 0 Å². The van der Waals surface area contributed by atoms with Crippen molar-refractivity contribution in [2.24, 2.45) is 0 Å². The van der Waals surface area contributed by atoms with Gasteiger partial charge in [-0.1, -0.05) is 42.5 Å². The van der Waals surface area contributed by atoms with Gasteiger partial charge in [0, 0.05) is 19.3 Å². The van der Waals surface area contributed by atoms with Crippen molar-refractivity contribution in [2.45, 2.75) is 19.8 Å². The maximum Gasteiger partial charge on any atom is 0.0366 e. The number of hydrogen-bond acceptors (Lipinski definition) is 1. The maximum absolute atomic E-state index is 2.33. The van der Waals surface area contributed by atoms with E-state index < -0.39 is 0 Å². The molecule has 0 heterocycles. The van der Waals surface area contributed by atoms with E-state index in [0.717, 1.165) is 13.0 Å². The number of benzene rings is 2. The largest absolute Gasteiger partial charge is 0.375 e. The van der Waals surface area contributed by atoms with E-state index in [1.165, 1.54) is 23.2 Å². The monoisotopic (exact) mass is 239 g/mol. The van der Waals surface area contributed by atoms with Crippen LogP contribution < -0.4 is 4.90 Å². The highest BCUT2D eigenvalue weighted by atomic mass is 15.1. The lowest BCUT2D eigenvalue weighted by atomic mass is 10.1. The quantitative estimate of drug-likeness (QED) is 0.760. The first-order chi connectivity index (χ1) is 8.75. The van der Waals surface area contributed by atoms with Crippen LogP contribution >= 0.6 is 0 Å². The Kier molecular flexibility index (Phi) is 4.40. The number of hydrogen-bond donors (Lipinski definition) is 0. The summed E-state index contributed by atoms with van der Waals surface area (Å²) in [6, 6.07) is 19.4. The van der Waals surface area contributed by atoms with Crippen molar-refractivity contribution < 1.29 is 0 Å². The number of nitrogens with zero attached hydrogens (tertiary/aromatic N) is 1. The molecule has 94 valence electrons. The van der Waals surface area contributed by atoms with Gasteiger partial charge in [-0.25, -0.2) is 0 Å². The molecular weight excluding hydrogens is 218 g/mol. The van der Waals surface area contributed by atoms with E-state index in [0.29, 0.717) is 0 Å². The smallest absolute Gasteiger partial charge is 0.0366 e. The van der Waals surface area contributed by atoms with Gasteiger partial charge in [0.05, 0.1) is 0 Å². The van der Waals surface area contributed by atoms with Gasteiger partial charge in [0.15, 0.2) is 0 Å². The molecule has 0 aliphatic heterocycles. The van der Waals surface area contributed by atoms with Crippen LogP contribution in [0.1, 0.15) is 17.5 Å². The van der Waals surface area contributed by atoms with Crippen molar-refractivity contribution in [1.82, 2.24) is 0 Å². The molecule has 1 nitrogen and oxygen atoms in total. The summed E-state index contributed by atoms with van der Waals surface area (Å²) in [4.78, 5) is 2.33. The summed E-state index contributed by atoms with van der Waals surface area (Å²) in [6.07, 6.45) is 2.34. The molecule has 2 aromatic carbocycles. The number of aryl methyl sites for hydroxylation is 2. The van der Waals surface area contributed by atoms with Crippen LogP contribution in [0.5, 0.6) is 0 Å². The van der Waals surface area contributed by atoms with Crippen LogP contribution in [0.4, 0.5) is 5.69 Å². The summed E-state index contributed by atoms with van der Waals surface area (Å²) in [5, 5.41) is 0. The summed E-state index contributed by atoms with van der Waals surface area (Å²) in [5.41, 5.74) is 4.06. The molecule has 0 aromatic heterocycles. The third-order valence-electron chi connectivity index (χ3n) is 3.24. The van der Waals surface area contributed by atoms with Crippen molar-refractivity contribution in [3.05, 3.63) is 65.7 Å². The van der Waals surface area contributed by atoms with E-state index in [4.69, 9.17) is 0 Å². The van der Waals surface area contributed by atoms with Crippen LogP contribution in [-0.4, -0.2) is 13.6 Å². The Hall–Kier alpha value is -1.76. The SMILES string of the molecule is Cc1cccc(N(C)CCCc2ccccc2)c1. The highest BCUT2D eigenvalue weighted by Gasteiger charge is 2.00. The van der Waals surface area contributed by atoms with Crippen LogP contribution in [0.15, 0.2) is 54.6 Å². The predicted molar refractivity (Wildman–Crippen MR) is 79.2 cm³/mol. The Balaban J connectivity index is 1.83. The molecular formula is C17H21N. The molecule has 0 bridgehead atoms. The molecule has 0 saturated heterocycles. The standard InChI is InChI=1S/C17H21N/c1-15-8-6-12-17(14-15)18(2)13-7-11-16-9-4-3-5-10-16/h3-6,8-10,12,14H,7,11,13H2,1-2H3. The zero-order chi connectivity index (χ0) is 12.8. The van der Waals surface area contributed by atoms with Gasteiger partial charge in [0.25, 0.3) is 0 Å². The molecule has 1 heteroatoms. The van der Waals surface area contributed by atoms with Crippen LogP contribution in [0.2, 0.25) is 0 Å². The summed E-state index contributed by atoms with van der Waals surface area (Å²) in [6.45, 7) is 3.24. The number of rotatable bonds is 5. The molecule has 0 N–H and O–H groups in total. The summed E-state index contributed by atoms with van der Waals surface area (Å²) in [7, 11) is 2.17. The summed E-state index contributed by atoms with van der Waals surface area (Å²) in [5.74, 6) is 0. The summed E-state index contributed by atoms with van der Waals surface area (Å²) >= 11 is 0. The maximum atomic E-state index is 2.33. The normalized spacial score (nSPS) is 10.3. The van der Waals surface area contributed by atoms with Gasteiger partial charge in [-0.3, -0.25) is 0 Å². The lowest BCUT2D eigenvalue weighted by Crippen LogP contribution is -2.18. The molecule has 0 amide bonds. The average molecular weight is 239 g/mol. The van der Waals surface area contributed by atoms with Crippen molar-refractivity contribution >= 4 is 5.69 Å². The first-order valence-electron chi connectivity index (χ1n) is 6.57. The molecule has 18 heavy (non-hydrogen) atoms. The minimum atomic E-state index is 1.10. The van der Waals surface area contributed by atoms with Crippen molar-refractivity contribution in [3.8, 4) is 0 Å². The predicted octanol–water partition coefficient (Wildman–Crippen LogP) is 4.06. The van der Waals surface area contributed by atoms with Crippen LogP contribution in [0.3, 0.4) is 0 Å². The van der Waals surface area contributed by atoms with Crippen molar-refractivity contribution in [3.63, 3.8) is 0 Å². The third-order valence-corrected chi connectivity index (χ3v) is 3.24. The fraction of sp³-hybridized carbons (Fsp3) is 0.294. The Bertz CT molecular complexity index is 476. The molecule has 0 fully saturated rings. The van der Waals surface area contributed by atoms with Gasteiger partial charge >= 0.3 is 0 Å². The minimum Gasteiger partial charge on any atom is -0.375 e. The number of anilines is 1. The van der Waals surface area contributed by atoms with Gasteiger partial charge in [0.1, 0.15) is 0 Å². The summed E-state index contributed by atoms with van der Waals surface area (Å²) < 4.78 is 0. The molecule has 0 radical (unpaired) electrons. The Morgan fingerprint density at radius 1 is 0.944 bits per heavy atom. The van der Waals surface area contributed by atoms with Gasteiger partial charge in [0.2, 0.25) is 0 Å². The highest BCUT2D eigenvalue weighted by Crippen LogP contribution is 2.15. The lowest BCUT2D eigenvalue weighted by molar-refractivity contribution is 0.785. The first-order valence-corrected chi connectivity index (χ1v) is 6.57. The van der Waals surface area contributed by atoms with Gasteiger partial charge in [-0.2, -0.15) is 0 Å². The highest BCUT2D eigenvalue weighted by molar-refractivity contribution is 5.47. The van der Waals surface area contributed by atoms with Gasteiger partial charge in [-0.05, 0) is 43.0 Å². The Morgan fingerprint density at radius 3 is 2.44 bits per heavy atom. The van der Waals surface area contributed by atoms with E-state index in [-0.39, 0.29) is 0 Å². The van der Waals surface area contributed by atoms with E-state index in [9.17, 15) is 0 Å². The second-order valence-electron chi connectivity index (χ2n) is 4.85. The van der Waals surface area contributed by atoms with E-state index in [1.54, 1.807) is 0 Å².